The minimum atomic E-state index is 0.160. The van der Waals surface area contributed by atoms with Crippen molar-refractivity contribution in [1.82, 2.24) is 0 Å². The van der Waals surface area contributed by atoms with E-state index in [1.165, 1.54) is 30.6 Å². The van der Waals surface area contributed by atoms with Crippen molar-refractivity contribution in [3.63, 3.8) is 0 Å². The third-order valence-electron chi connectivity index (χ3n) is 2.82. The average Bonchev–Trinajstić information content (AvgIpc) is 2.34. The molecular formula is C14H23NS. The van der Waals surface area contributed by atoms with E-state index in [1.807, 2.05) is 17.8 Å². The van der Waals surface area contributed by atoms with Gasteiger partial charge in [-0.05, 0) is 17.7 Å². The number of nitrogens with two attached hydrogens (primary N) is 1. The van der Waals surface area contributed by atoms with E-state index in [9.17, 15) is 0 Å². The van der Waals surface area contributed by atoms with Gasteiger partial charge >= 0.3 is 0 Å². The summed E-state index contributed by atoms with van der Waals surface area (Å²) in [5, 5.41) is 0.499. The van der Waals surface area contributed by atoms with E-state index in [-0.39, 0.29) is 6.04 Å². The van der Waals surface area contributed by atoms with Gasteiger partial charge in [-0.25, -0.2) is 0 Å². The van der Waals surface area contributed by atoms with E-state index in [2.05, 4.69) is 38.1 Å². The van der Waals surface area contributed by atoms with Crippen molar-refractivity contribution in [3.05, 3.63) is 35.9 Å². The zero-order valence-electron chi connectivity index (χ0n) is 10.4. The standard InChI is InChI=1S/C14H23NS/c1-3-4-8-11-16-12(2)14(15)13-9-6-5-7-10-13/h5-7,9-10,12,14H,3-4,8,11,15H2,1-2H3. The second-order valence-corrected chi connectivity index (χ2v) is 5.70. The van der Waals surface area contributed by atoms with Crippen LogP contribution in [-0.2, 0) is 0 Å². The quantitative estimate of drug-likeness (QED) is 0.725. The molecule has 1 nitrogen and oxygen atoms in total. The first-order valence-corrected chi connectivity index (χ1v) is 7.22. The SMILES string of the molecule is CCCCCSC(C)C(N)c1ccccc1. The number of hydrogen-bond acceptors (Lipinski definition) is 2. The Labute approximate surface area is 104 Å². The van der Waals surface area contributed by atoms with Gasteiger partial charge in [-0.2, -0.15) is 11.8 Å². The Balaban J connectivity index is 2.33. The summed E-state index contributed by atoms with van der Waals surface area (Å²) >= 11 is 1.99. The highest BCUT2D eigenvalue weighted by atomic mass is 32.2. The van der Waals surface area contributed by atoms with Crippen LogP contribution in [0.2, 0.25) is 0 Å². The minimum absolute atomic E-state index is 0.160. The molecule has 0 saturated heterocycles. The first kappa shape index (κ1) is 13.6. The van der Waals surface area contributed by atoms with Crippen molar-refractivity contribution in [2.24, 2.45) is 5.73 Å². The molecule has 1 aromatic rings. The van der Waals surface area contributed by atoms with Gasteiger partial charge in [0.05, 0.1) is 0 Å². The molecule has 2 atom stereocenters. The summed E-state index contributed by atoms with van der Waals surface area (Å²) in [7, 11) is 0. The third-order valence-corrected chi connectivity index (χ3v) is 4.16. The molecule has 16 heavy (non-hydrogen) atoms. The molecule has 0 saturated carbocycles. The summed E-state index contributed by atoms with van der Waals surface area (Å²) in [6, 6.07) is 10.6. The number of thioether (sulfide) groups is 1. The van der Waals surface area contributed by atoms with Crippen LogP contribution in [0.25, 0.3) is 0 Å². The summed E-state index contributed by atoms with van der Waals surface area (Å²) in [5.74, 6) is 1.23. The predicted molar refractivity (Wildman–Crippen MR) is 74.8 cm³/mol. The fourth-order valence-corrected chi connectivity index (χ4v) is 2.78. The molecular weight excluding hydrogens is 214 g/mol. The van der Waals surface area contributed by atoms with Gasteiger partial charge < -0.3 is 5.73 Å². The molecule has 1 rings (SSSR count). The average molecular weight is 237 g/mol. The minimum Gasteiger partial charge on any atom is -0.323 e. The predicted octanol–water partition coefficient (Wildman–Crippen LogP) is 4.00. The zero-order chi connectivity index (χ0) is 11.8. The summed E-state index contributed by atoms with van der Waals surface area (Å²) < 4.78 is 0. The molecule has 0 aliphatic carbocycles. The Bertz CT molecular complexity index is 273. The molecule has 0 aromatic heterocycles. The molecule has 0 aliphatic rings. The third kappa shape index (κ3) is 4.58. The van der Waals surface area contributed by atoms with Gasteiger partial charge in [0, 0.05) is 11.3 Å². The highest BCUT2D eigenvalue weighted by Gasteiger charge is 2.14. The molecule has 0 heterocycles. The van der Waals surface area contributed by atoms with Gasteiger partial charge in [0.1, 0.15) is 0 Å². The Kier molecular flexibility index (Phi) is 6.58. The van der Waals surface area contributed by atoms with Gasteiger partial charge in [-0.15, -0.1) is 0 Å². The smallest absolute Gasteiger partial charge is 0.0412 e. The van der Waals surface area contributed by atoms with Crippen LogP contribution in [0.5, 0.6) is 0 Å². The molecule has 0 radical (unpaired) electrons. The monoisotopic (exact) mass is 237 g/mol. The Morgan fingerprint density at radius 1 is 1.19 bits per heavy atom. The summed E-state index contributed by atoms with van der Waals surface area (Å²) in [6.45, 7) is 4.47. The zero-order valence-corrected chi connectivity index (χ0v) is 11.2. The van der Waals surface area contributed by atoms with Crippen LogP contribution >= 0.6 is 11.8 Å². The summed E-state index contributed by atoms with van der Waals surface area (Å²) in [4.78, 5) is 0. The van der Waals surface area contributed by atoms with Gasteiger partial charge in [-0.3, -0.25) is 0 Å². The maximum Gasteiger partial charge on any atom is 0.0412 e. The normalized spacial score (nSPS) is 14.7. The maximum atomic E-state index is 6.23. The van der Waals surface area contributed by atoms with Crippen LogP contribution < -0.4 is 5.73 Å². The molecule has 0 aliphatic heterocycles. The molecule has 2 unspecified atom stereocenters. The van der Waals surface area contributed by atoms with Crippen LogP contribution in [0.3, 0.4) is 0 Å². The van der Waals surface area contributed by atoms with Crippen LogP contribution in [0.15, 0.2) is 30.3 Å². The van der Waals surface area contributed by atoms with Gasteiger partial charge in [0.25, 0.3) is 0 Å². The first-order chi connectivity index (χ1) is 7.75. The molecule has 0 spiro atoms. The van der Waals surface area contributed by atoms with Gasteiger partial charge in [-0.1, -0.05) is 57.0 Å². The number of unbranched alkanes of at least 4 members (excludes halogenated alkanes) is 2. The van der Waals surface area contributed by atoms with Crippen molar-refractivity contribution < 1.29 is 0 Å². The van der Waals surface area contributed by atoms with Crippen molar-refractivity contribution in [3.8, 4) is 0 Å². The van der Waals surface area contributed by atoms with E-state index in [1.54, 1.807) is 0 Å². The second kappa shape index (κ2) is 7.75. The lowest BCUT2D eigenvalue weighted by Crippen LogP contribution is -2.21. The second-order valence-electron chi connectivity index (χ2n) is 4.22. The van der Waals surface area contributed by atoms with Gasteiger partial charge in [0.2, 0.25) is 0 Å². The Morgan fingerprint density at radius 2 is 1.88 bits per heavy atom. The fraction of sp³-hybridized carbons (Fsp3) is 0.571. The summed E-state index contributed by atoms with van der Waals surface area (Å²) in [6.07, 6.45) is 3.94. The molecule has 90 valence electrons. The van der Waals surface area contributed by atoms with Crippen LogP contribution in [0, 0.1) is 0 Å². The van der Waals surface area contributed by atoms with E-state index >= 15 is 0 Å². The lowest BCUT2D eigenvalue weighted by molar-refractivity contribution is 0.711. The van der Waals surface area contributed by atoms with Crippen molar-refractivity contribution in [2.75, 3.05) is 5.75 Å². The molecule has 0 fully saturated rings. The Hall–Kier alpha value is -0.470. The summed E-state index contributed by atoms with van der Waals surface area (Å²) in [5.41, 5.74) is 7.48. The van der Waals surface area contributed by atoms with E-state index in [4.69, 9.17) is 5.73 Å². The van der Waals surface area contributed by atoms with Crippen molar-refractivity contribution in [2.45, 2.75) is 44.4 Å². The molecule has 2 heteroatoms. The van der Waals surface area contributed by atoms with Crippen LogP contribution in [-0.4, -0.2) is 11.0 Å². The molecule has 0 amide bonds. The number of hydrogen-bond donors (Lipinski definition) is 1. The molecule has 1 aromatic carbocycles. The fourth-order valence-electron chi connectivity index (χ4n) is 1.67. The highest BCUT2D eigenvalue weighted by molar-refractivity contribution is 7.99. The number of rotatable bonds is 7. The van der Waals surface area contributed by atoms with Crippen molar-refractivity contribution >= 4 is 11.8 Å². The lowest BCUT2D eigenvalue weighted by atomic mass is 10.1. The largest absolute Gasteiger partial charge is 0.323 e. The maximum absolute atomic E-state index is 6.23. The van der Waals surface area contributed by atoms with E-state index < -0.39 is 0 Å². The van der Waals surface area contributed by atoms with Crippen molar-refractivity contribution in [1.29, 1.82) is 0 Å². The number of benzene rings is 1. The van der Waals surface area contributed by atoms with Crippen LogP contribution in [0.1, 0.15) is 44.7 Å². The highest BCUT2D eigenvalue weighted by Crippen LogP contribution is 2.24. The van der Waals surface area contributed by atoms with E-state index in [0.717, 1.165) is 0 Å². The first-order valence-electron chi connectivity index (χ1n) is 6.17. The van der Waals surface area contributed by atoms with E-state index in [0.29, 0.717) is 5.25 Å². The van der Waals surface area contributed by atoms with Gasteiger partial charge in [0.15, 0.2) is 0 Å². The molecule has 0 bridgehead atoms. The topological polar surface area (TPSA) is 26.0 Å². The van der Waals surface area contributed by atoms with Crippen LogP contribution in [0.4, 0.5) is 0 Å². The molecule has 2 N–H and O–H groups in total. The Morgan fingerprint density at radius 3 is 2.50 bits per heavy atom. The lowest BCUT2D eigenvalue weighted by Gasteiger charge is -2.19.